The second kappa shape index (κ2) is 10.3. The molecule has 1 fully saturated rings. The maximum Gasteiger partial charge on any atom is 0.227 e. The monoisotopic (exact) mass is 419 g/mol. The molecule has 0 aliphatic carbocycles. The molecule has 1 N–H and O–H groups in total. The van der Waals surface area contributed by atoms with Crippen LogP contribution in [0.1, 0.15) is 36.6 Å². The van der Waals surface area contributed by atoms with E-state index < -0.39 is 0 Å². The fraction of sp³-hybridized carbons (Fsp3) is 0.360. The first-order valence-corrected chi connectivity index (χ1v) is 10.9. The third-order valence-corrected chi connectivity index (χ3v) is 5.79. The van der Waals surface area contributed by atoms with Crippen molar-refractivity contribution in [3.8, 4) is 17.0 Å². The van der Waals surface area contributed by atoms with Crippen molar-refractivity contribution in [2.45, 2.75) is 31.7 Å². The number of benzene rings is 2. The fourth-order valence-corrected chi connectivity index (χ4v) is 4.09. The van der Waals surface area contributed by atoms with Gasteiger partial charge in [0.2, 0.25) is 5.91 Å². The summed E-state index contributed by atoms with van der Waals surface area (Å²) in [6.07, 6.45) is 3.84. The molecule has 162 valence electrons. The average Bonchev–Trinajstić information content (AvgIpc) is 3.29. The molecule has 6 heteroatoms. The average molecular weight is 420 g/mol. The predicted molar refractivity (Wildman–Crippen MR) is 120 cm³/mol. The van der Waals surface area contributed by atoms with Crippen LogP contribution in [0.3, 0.4) is 0 Å². The van der Waals surface area contributed by atoms with Gasteiger partial charge in [-0.2, -0.15) is 0 Å². The Morgan fingerprint density at radius 3 is 2.55 bits per heavy atom. The van der Waals surface area contributed by atoms with Gasteiger partial charge in [-0.25, -0.2) is 0 Å². The van der Waals surface area contributed by atoms with Crippen molar-refractivity contribution in [1.29, 1.82) is 0 Å². The van der Waals surface area contributed by atoms with E-state index in [1.807, 2.05) is 48.5 Å². The summed E-state index contributed by atoms with van der Waals surface area (Å²) >= 11 is 0. The summed E-state index contributed by atoms with van der Waals surface area (Å²) in [6.45, 7) is 2.66. The van der Waals surface area contributed by atoms with E-state index in [4.69, 9.17) is 9.26 Å². The molecule has 4 rings (SSSR count). The minimum absolute atomic E-state index is 0.0636. The highest BCUT2D eigenvalue weighted by Gasteiger charge is 2.23. The third kappa shape index (κ3) is 5.52. The zero-order valence-electron chi connectivity index (χ0n) is 17.9. The Labute approximate surface area is 183 Å². The molecule has 1 saturated heterocycles. The van der Waals surface area contributed by atoms with E-state index in [-0.39, 0.29) is 18.4 Å². The molecule has 6 nitrogen and oxygen atoms in total. The van der Waals surface area contributed by atoms with Crippen LogP contribution in [0.5, 0.6) is 5.75 Å². The number of carbonyl (C=O) groups excluding carboxylic acids is 1. The largest absolute Gasteiger partial charge is 0.497 e. The number of rotatable bonds is 8. The van der Waals surface area contributed by atoms with Crippen LogP contribution in [0.25, 0.3) is 11.3 Å². The van der Waals surface area contributed by atoms with Gasteiger partial charge in [-0.1, -0.05) is 54.0 Å². The molecule has 1 aromatic heterocycles. The number of aromatic nitrogens is 1. The summed E-state index contributed by atoms with van der Waals surface area (Å²) < 4.78 is 10.7. The summed E-state index contributed by atoms with van der Waals surface area (Å²) in [5, 5.41) is 7.20. The standard InChI is InChI=1S/C25H29N3O3/c1-30-21-12-10-20(11-13-21)24(28-14-6-3-7-15-28)18-26-25(29)17-22-16-23(27-31-22)19-8-4-2-5-9-19/h2,4-5,8-13,16,24H,3,6-7,14-15,17-18H2,1H3,(H,26,29). The first-order valence-electron chi connectivity index (χ1n) is 10.9. The molecule has 0 saturated carbocycles. The van der Waals surface area contributed by atoms with Crippen LogP contribution in [0.15, 0.2) is 65.2 Å². The summed E-state index contributed by atoms with van der Waals surface area (Å²) in [4.78, 5) is 15.1. The summed E-state index contributed by atoms with van der Waals surface area (Å²) in [5.74, 6) is 1.34. The number of methoxy groups -OCH3 is 1. The van der Waals surface area contributed by atoms with E-state index >= 15 is 0 Å². The van der Waals surface area contributed by atoms with Crippen molar-refractivity contribution < 1.29 is 14.1 Å². The molecule has 1 atom stereocenters. The molecular weight excluding hydrogens is 390 g/mol. The second-order valence-corrected chi connectivity index (χ2v) is 7.91. The number of nitrogens with zero attached hydrogens (tertiary/aromatic N) is 2. The molecule has 1 unspecified atom stereocenters. The van der Waals surface area contributed by atoms with Gasteiger partial charge >= 0.3 is 0 Å². The summed E-state index contributed by atoms with van der Waals surface area (Å²) in [7, 11) is 1.67. The van der Waals surface area contributed by atoms with Crippen molar-refractivity contribution >= 4 is 5.91 Å². The van der Waals surface area contributed by atoms with Crippen LogP contribution in [0, 0.1) is 0 Å². The summed E-state index contributed by atoms with van der Waals surface area (Å²) in [5.41, 5.74) is 2.91. The number of likely N-dealkylation sites (tertiary alicyclic amines) is 1. The van der Waals surface area contributed by atoms with Gasteiger partial charge in [-0.3, -0.25) is 9.69 Å². The quantitative estimate of drug-likeness (QED) is 0.592. The Morgan fingerprint density at radius 2 is 1.84 bits per heavy atom. The van der Waals surface area contributed by atoms with Crippen molar-refractivity contribution in [3.63, 3.8) is 0 Å². The van der Waals surface area contributed by atoms with Gasteiger partial charge in [0.25, 0.3) is 0 Å². The molecule has 1 aliphatic rings. The molecule has 1 amide bonds. The number of hydrogen-bond acceptors (Lipinski definition) is 5. The lowest BCUT2D eigenvalue weighted by Crippen LogP contribution is -2.41. The fourth-order valence-electron chi connectivity index (χ4n) is 4.09. The van der Waals surface area contributed by atoms with Crippen molar-refractivity contribution in [2.75, 3.05) is 26.7 Å². The Morgan fingerprint density at radius 1 is 1.10 bits per heavy atom. The minimum Gasteiger partial charge on any atom is -0.497 e. The van der Waals surface area contributed by atoms with Gasteiger partial charge in [-0.05, 0) is 43.6 Å². The molecule has 0 bridgehead atoms. The number of ether oxygens (including phenoxy) is 1. The molecular formula is C25H29N3O3. The summed E-state index contributed by atoms with van der Waals surface area (Å²) in [6, 6.07) is 19.9. The van der Waals surface area contributed by atoms with Crippen molar-refractivity contribution in [2.24, 2.45) is 0 Å². The minimum atomic E-state index is -0.0636. The van der Waals surface area contributed by atoms with Crippen molar-refractivity contribution in [3.05, 3.63) is 72.0 Å². The Kier molecular flexibility index (Phi) is 6.99. The normalized spacial score (nSPS) is 15.4. The van der Waals surface area contributed by atoms with Crippen molar-refractivity contribution in [1.82, 2.24) is 15.4 Å². The zero-order chi connectivity index (χ0) is 21.5. The highest BCUT2D eigenvalue weighted by Crippen LogP contribution is 2.26. The van der Waals surface area contributed by atoms with Crippen LogP contribution < -0.4 is 10.1 Å². The van der Waals surface area contributed by atoms with E-state index in [9.17, 15) is 4.79 Å². The molecule has 2 aromatic carbocycles. The topological polar surface area (TPSA) is 67.6 Å². The highest BCUT2D eigenvalue weighted by molar-refractivity contribution is 5.78. The number of piperidine rings is 1. The van der Waals surface area contributed by atoms with Crippen LogP contribution in [0.2, 0.25) is 0 Å². The lowest BCUT2D eigenvalue weighted by Gasteiger charge is -2.35. The molecule has 31 heavy (non-hydrogen) atoms. The molecule has 1 aliphatic heterocycles. The number of amides is 1. The zero-order valence-corrected chi connectivity index (χ0v) is 17.9. The van der Waals surface area contributed by atoms with E-state index in [0.29, 0.717) is 12.3 Å². The van der Waals surface area contributed by atoms with Crippen LogP contribution >= 0.6 is 0 Å². The van der Waals surface area contributed by atoms with Gasteiger partial charge in [0, 0.05) is 18.2 Å². The van der Waals surface area contributed by atoms with Gasteiger partial charge < -0.3 is 14.6 Å². The maximum absolute atomic E-state index is 12.6. The van der Waals surface area contributed by atoms with Gasteiger partial charge in [0.15, 0.2) is 0 Å². The van der Waals surface area contributed by atoms with Crippen LogP contribution in [0.4, 0.5) is 0 Å². The van der Waals surface area contributed by atoms with Crippen LogP contribution in [-0.2, 0) is 11.2 Å². The highest BCUT2D eigenvalue weighted by atomic mass is 16.5. The number of hydrogen-bond donors (Lipinski definition) is 1. The lowest BCUT2D eigenvalue weighted by molar-refractivity contribution is -0.121. The number of carbonyl (C=O) groups is 1. The van der Waals surface area contributed by atoms with E-state index in [1.165, 1.54) is 24.8 Å². The molecule has 2 heterocycles. The SMILES string of the molecule is COc1ccc(C(CNC(=O)Cc2cc(-c3ccccc3)no2)N2CCCCC2)cc1. The lowest BCUT2D eigenvalue weighted by atomic mass is 10.0. The smallest absolute Gasteiger partial charge is 0.227 e. The first-order chi connectivity index (χ1) is 15.2. The van der Waals surface area contributed by atoms with Gasteiger partial charge in [0.1, 0.15) is 17.2 Å². The second-order valence-electron chi connectivity index (χ2n) is 7.91. The molecule has 3 aromatic rings. The van der Waals surface area contributed by atoms with E-state index in [0.717, 1.165) is 30.1 Å². The van der Waals surface area contributed by atoms with Gasteiger partial charge in [0.05, 0.1) is 19.6 Å². The first kappa shape index (κ1) is 21.1. The molecule has 0 radical (unpaired) electrons. The Hall–Kier alpha value is -3.12. The predicted octanol–water partition coefficient (Wildman–Crippen LogP) is 4.24. The van der Waals surface area contributed by atoms with Gasteiger partial charge in [-0.15, -0.1) is 0 Å². The Bertz CT molecular complexity index is 963. The maximum atomic E-state index is 12.6. The van der Waals surface area contributed by atoms with Crippen LogP contribution in [-0.4, -0.2) is 42.7 Å². The van der Waals surface area contributed by atoms with E-state index in [1.54, 1.807) is 7.11 Å². The third-order valence-electron chi connectivity index (χ3n) is 5.79. The molecule has 0 spiro atoms. The van der Waals surface area contributed by atoms with E-state index in [2.05, 4.69) is 27.5 Å². The number of nitrogens with one attached hydrogen (secondary N) is 1. The Balaban J connectivity index is 1.39.